The predicted molar refractivity (Wildman–Crippen MR) is 75.1 cm³/mol. The number of phenols is 1. The molecule has 21 heavy (non-hydrogen) atoms. The van der Waals surface area contributed by atoms with E-state index in [2.05, 4.69) is 11.8 Å². The van der Waals surface area contributed by atoms with E-state index in [0.717, 1.165) is 0 Å². The largest absolute Gasteiger partial charge is 0.508 e. The highest BCUT2D eigenvalue weighted by molar-refractivity contribution is 5.76. The molecule has 0 aromatic heterocycles. The van der Waals surface area contributed by atoms with Crippen LogP contribution in [-0.2, 0) is 4.79 Å². The number of nitrogens with two attached hydrogens (primary N) is 1. The van der Waals surface area contributed by atoms with E-state index >= 15 is 0 Å². The standard InChI is InChI=1S/C16H12FNO3/c17-12-6-3-10(4-7-12)1-2-11-5-8-14(19)13(9-11)15(18)16(20)21/h3-9,15,19H,18H2,(H,20,21)/t15-/m0/s1. The van der Waals surface area contributed by atoms with E-state index < -0.39 is 12.0 Å². The fourth-order valence-corrected chi connectivity index (χ4v) is 1.69. The van der Waals surface area contributed by atoms with Crippen molar-refractivity contribution in [1.29, 1.82) is 0 Å². The van der Waals surface area contributed by atoms with Gasteiger partial charge in [0.15, 0.2) is 0 Å². The zero-order chi connectivity index (χ0) is 15.4. The van der Waals surface area contributed by atoms with Crippen molar-refractivity contribution in [3.63, 3.8) is 0 Å². The smallest absolute Gasteiger partial charge is 0.325 e. The number of halogens is 1. The highest BCUT2D eigenvalue weighted by Crippen LogP contribution is 2.23. The fourth-order valence-electron chi connectivity index (χ4n) is 1.69. The monoisotopic (exact) mass is 285 g/mol. The molecule has 0 spiro atoms. The van der Waals surface area contributed by atoms with E-state index in [0.29, 0.717) is 11.1 Å². The Morgan fingerprint density at radius 3 is 2.29 bits per heavy atom. The zero-order valence-electron chi connectivity index (χ0n) is 10.9. The van der Waals surface area contributed by atoms with Crippen molar-refractivity contribution >= 4 is 5.97 Å². The summed E-state index contributed by atoms with van der Waals surface area (Å²) in [6.45, 7) is 0. The van der Waals surface area contributed by atoms with Gasteiger partial charge in [-0.25, -0.2) is 4.39 Å². The molecule has 0 unspecified atom stereocenters. The van der Waals surface area contributed by atoms with Gasteiger partial charge in [-0.3, -0.25) is 4.79 Å². The molecule has 4 N–H and O–H groups in total. The number of carboxylic acids is 1. The van der Waals surface area contributed by atoms with Crippen molar-refractivity contribution in [1.82, 2.24) is 0 Å². The molecular formula is C16H12FNO3. The van der Waals surface area contributed by atoms with Gasteiger partial charge in [0.25, 0.3) is 0 Å². The Morgan fingerprint density at radius 2 is 1.67 bits per heavy atom. The summed E-state index contributed by atoms with van der Waals surface area (Å²) in [7, 11) is 0. The third-order valence-electron chi connectivity index (χ3n) is 2.82. The van der Waals surface area contributed by atoms with E-state index in [1.165, 1.54) is 36.4 Å². The molecule has 0 amide bonds. The zero-order valence-corrected chi connectivity index (χ0v) is 10.9. The maximum Gasteiger partial charge on any atom is 0.325 e. The quantitative estimate of drug-likeness (QED) is 0.737. The first kappa shape index (κ1) is 14.6. The Hall–Kier alpha value is -2.84. The number of rotatable bonds is 2. The molecule has 2 aromatic carbocycles. The number of carboxylic acid groups (broad SMARTS) is 1. The molecule has 0 fully saturated rings. The molecule has 0 bridgehead atoms. The molecule has 2 aromatic rings. The Kier molecular flexibility index (Phi) is 4.21. The maximum absolute atomic E-state index is 12.8. The van der Waals surface area contributed by atoms with Crippen molar-refractivity contribution in [3.8, 4) is 17.6 Å². The van der Waals surface area contributed by atoms with Crippen LogP contribution in [0.15, 0.2) is 42.5 Å². The van der Waals surface area contributed by atoms with E-state index in [4.69, 9.17) is 10.8 Å². The van der Waals surface area contributed by atoms with Crippen LogP contribution in [0.3, 0.4) is 0 Å². The predicted octanol–water partition coefficient (Wildman–Crippen LogP) is 2.02. The SMILES string of the molecule is N[C@H](C(=O)O)c1cc(C#Cc2ccc(F)cc2)ccc1O. The first-order valence-electron chi connectivity index (χ1n) is 6.06. The van der Waals surface area contributed by atoms with E-state index in [1.54, 1.807) is 6.07 Å². The molecule has 106 valence electrons. The first-order chi connectivity index (χ1) is 9.97. The van der Waals surface area contributed by atoms with Crippen LogP contribution < -0.4 is 5.73 Å². The summed E-state index contributed by atoms with van der Waals surface area (Å²) < 4.78 is 12.8. The van der Waals surface area contributed by atoms with Crippen LogP contribution in [0.1, 0.15) is 22.7 Å². The van der Waals surface area contributed by atoms with Crippen LogP contribution in [0.5, 0.6) is 5.75 Å². The van der Waals surface area contributed by atoms with E-state index in [9.17, 15) is 14.3 Å². The number of aliphatic carboxylic acids is 1. The lowest BCUT2D eigenvalue weighted by Crippen LogP contribution is -2.20. The molecule has 0 saturated carbocycles. The van der Waals surface area contributed by atoms with Crippen molar-refractivity contribution < 1.29 is 19.4 Å². The molecule has 2 rings (SSSR count). The fraction of sp³-hybridized carbons (Fsp3) is 0.0625. The van der Waals surface area contributed by atoms with Crippen LogP contribution >= 0.6 is 0 Å². The van der Waals surface area contributed by atoms with Gasteiger partial charge in [0.1, 0.15) is 17.6 Å². The number of benzene rings is 2. The highest BCUT2D eigenvalue weighted by Gasteiger charge is 2.18. The van der Waals surface area contributed by atoms with Gasteiger partial charge in [-0.05, 0) is 42.5 Å². The van der Waals surface area contributed by atoms with Gasteiger partial charge in [0, 0.05) is 16.7 Å². The lowest BCUT2D eigenvalue weighted by molar-refractivity contribution is -0.138. The average molecular weight is 285 g/mol. The van der Waals surface area contributed by atoms with Crippen molar-refractivity contribution in [2.45, 2.75) is 6.04 Å². The molecule has 0 aliphatic rings. The van der Waals surface area contributed by atoms with Gasteiger partial charge >= 0.3 is 5.97 Å². The summed E-state index contributed by atoms with van der Waals surface area (Å²) in [5, 5.41) is 18.5. The van der Waals surface area contributed by atoms with Gasteiger partial charge in [-0.15, -0.1) is 0 Å². The Morgan fingerprint density at radius 1 is 1.10 bits per heavy atom. The van der Waals surface area contributed by atoms with Gasteiger partial charge < -0.3 is 15.9 Å². The summed E-state index contributed by atoms with van der Waals surface area (Å²) in [6.07, 6.45) is 0. The molecule has 1 atom stereocenters. The first-order valence-corrected chi connectivity index (χ1v) is 6.06. The second-order valence-electron chi connectivity index (χ2n) is 4.35. The molecule has 5 heteroatoms. The van der Waals surface area contributed by atoms with Crippen LogP contribution in [0.4, 0.5) is 4.39 Å². The minimum Gasteiger partial charge on any atom is -0.508 e. The minimum absolute atomic E-state index is 0.0911. The van der Waals surface area contributed by atoms with Gasteiger partial charge in [0.2, 0.25) is 0 Å². The topological polar surface area (TPSA) is 83.6 Å². The summed E-state index contributed by atoms with van der Waals surface area (Å²) in [4.78, 5) is 10.9. The van der Waals surface area contributed by atoms with Gasteiger partial charge in [0.05, 0.1) is 0 Å². The van der Waals surface area contributed by atoms with Crippen LogP contribution in [0.2, 0.25) is 0 Å². The number of hydrogen-bond acceptors (Lipinski definition) is 3. The molecule has 0 aliphatic heterocycles. The van der Waals surface area contributed by atoms with Crippen LogP contribution in [0, 0.1) is 17.7 Å². The number of aromatic hydroxyl groups is 1. The lowest BCUT2D eigenvalue weighted by Gasteiger charge is -2.09. The lowest BCUT2D eigenvalue weighted by atomic mass is 10.0. The Labute approximate surface area is 120 Å². The molecule has 0 radical (unpaired) electrons. The molecule has 0 aliphatic carbocycles. The molecule has 0 heterocycles. The van der Waals surface area contributed by atoms with Gasteiger partial charge in [-0.1, -0.05) is 11.8 Å². The van der Waals surface area contributed by atoms with E-state index in [1.807, 2.05) is 0 Å². The third-order valence-corrected chi connectivity index (χ3v) is 2.82. The van der Waals surface area contributed by atoms with Crippen molar-refractivity contribution in [2.75, 3.05) is 0 Å². The maximum atomic E-state index is 12.8. The Bertz CT molecular complexity index is 729. The second kappa shape index (κ2) is 6.07. The average Bonchev–Trinajstić information content (AvgIpc) is 2.47. The molecule has 0 saturated heterocycles. The van der Waals surface area contributed by atoms with Gasteiger partial charge in [-0.2, -0.15) is 0 Å². The summed E-state index contributed by atoms with van der Waals surface area (Å²) >= 11 is 0. The molecule has 4 nitrogen and oxygen atoms in total. The summed E-state index contributed by atoms with van der Waals surface area (Å²) in [5.41, 5.74) is 6.70. The second-order valence-corrected chi connectivity index (χ2v) is 4.35. The third kappa shape index (κ3) is 3.59. The van der Waals surface area contributed by atoms with Crippen molar-refractivity contribution in [3.05, 3.63) is 65.0 Å². The number of carbonyl (C=O) groups is 1. The normalized spacial score (nSPS) is 11.3. The Balaban J connectivity index is 2.32. The number of hydrogen-bond donors (Lipinski definition) is 3. The number of phenolic OH excluding ortho intramolecular Hbond substituents is 1. The molecular weight excluding hydrogens is 273 g/mol. The summed E-state index contributed by atoms with van der Waals surface area (Å²) in [5.74, 6) is 3.84. The van der Waals surface area contributed by atoms with Crippen LogP contribution in [-0.4, -0.2) is 16.2 Å². The minimum atomic E-state index is -1.32. The summed E-state index contributed by atoms with van der Waals surface area (Å²) in [6, 6.07) is 8.65. The van der Waals surface area contributed by atoms with E-state index in [-0.39, 0.29) is 17.1 Å². The van der Waals surface area contributed by atoms with Crippen molar-refractivity contribution in [2.24, 2.45) is 5.73 Å². The highest BCUT2D eigenvalue weighted by atomic mass is 19.1. The van der Waals surface area contributed by atoms with Crippen LogP contribution in [0.25, 0.3) is 0 Å².